The number of primary sulfonamides is 1. The van der Waals surface area contributed by atoms with E-state index in [9.17, 15) is 8.42 Å². The number of nitrogens with two attached hydrogens (primary N) is 1. The molecule has 5 nitrogen and oxygen atoms in total. The lowest BCUT2D eigenvalue weighted by Crippen LogP contribution is -2.71. The molecule has 126 valence electrons. The number of nitrogens with one attached hydrogen (secondary N) is 1. The van der Waals surface area contributed by atoms with Crippen LogP contribution in [0, 0.1) is 11.3 Å². The predicted molar refractivity (Wildman–Crippen MR) is 87.4 cm³/mol. The van der Waals surface area contributed by atoms with E-state index < -0.39 is 10.0 Å². The molecule has 3 atom stereocenters. The second kappa shape index (κ2) is 5.55. The predicted octanol–water partition coefficient (Wildman–Crippen LogP) is 1.42. The van der Waals surface area contributed by atoms with Gasteiger partial charge in [0, 0.05) is 24.0 Å². The number of hydrogen-bond acceptors (Lipinski definition) is 4. The molecule has 23 heavy (non-hydrogen) atoms. The summed E-state index contributed by atoms with van der Waals surface area (Å²) in [7, 11) is -3.60. The van der Waals surface area contributed by atoms with Gasteiger partial charge >= 0.3 is 0 Å². The molecule has 1 spiro atoms. The summed E-state index contributed by atoms with van der Waals surface area (Å²) in [6, 6.07) is 7.48. The average Bonchev–Trinajstić information content (AvgIpc) is 2.86. The Hall–Kier alpha value is -0.950. The van der Waals surface area contributed by atoms with Gasteiger partial charge in [-0.1, -0.05) is 18.6 Å². The largest absolute Gasteiger partial charge is 0.377 e. The summed E-state index contributed by atoms with van der Waals surface area (Å²) in [5.74, 6) is 0.694. The topological polar surface area (TPSA) is 81.4 Å². The van der Waals surface area contributed by atoms with E-state index in [0.717, 1.165) is 25.1 Å². The van der Waals surface area contributed by atoms with Crippen LogP contribution in [0.15, 0.2) is 29.2 Å². The van der Waals surface area contributed by atoms with Crippen LogP contribution in [0.25, 0.3) is 0 Å². The van der Waals surface area contributed by atoms with Crippen LogP contribution in [0.1, 0.15) is 31.2 Å². The molecular weight excluding hydrogens is 312 g/mol. The van der Waals surface area contributed by atoms with Crippen LogP contribution in [0.5, 0.6) is 0 Å². The van der Waals surface area contributed by atoms with Crippen molar-refractivity contribution < 1.29 is 13.2 Å². The number of rotatable bonds is 5. The van der Waals surface area contributed by atoms with Crippen molar-refractivity contribution in [3.8, 4) is 0 Å². The van der Waals surface area contributed by atoms with Gasteiger partial charge in [0.05, 0.1) is 11.0 Å². The van der Waals surface area contributed by atoms with Crippen molar-refractivity contribution in [2.45, 2.75) is 49.1 Å². The Bertz CT molecular complexity index is 682. The summed E-state index contributed by atoms with van der Waals surface area (Å²) in [5.41, 5.74) is 1.55. The molecule has 0 bridgehead atoms. The summed E-state index contributed by atoms with van der Waals surface area (Å²) < 4.78 is 28.5. The lowest BCUT2D eigenvalue weighted by molar-refractivity contribution is -0.175. The van der Waals surface area contributed by atoms with Gasteiger partial charge in [-0.05, 0) is 49.9 Å². The highest BCUT2D eigenvalue weighted by molar-refractivity contribution is 7.89. The van der Waals surface area contributed by atoms with Crippen LogP contribution in [0.2, 0.25) is 0 Å². The summed E-state index contributed by atoms with van der Waals surface area (Å²) in [6.07, 6.45) is 6.52. The number of ether oxygens (including phenoxy) is 1. The first-order valence-corrected chi connectivity index (χ1v) is 10.0. The molecule has 0 unspecified atom stereocenters. The molecule has 1 aliphatic heterocycles. The Balaban J connectivity index is 1.33. The molecule has 3 aliphatic rings. The molecule has 1 saturated heterocycles. The maximum Gasteiger partial charge on any atom is 0.238 e. The standard InChI is InChI=1S/C17H24N2O3S/c18-23(20,21)13-4-2-12(3-5-13)6-10-19-15-14-7-11-22-16(14)17(15)8-1-9-17/h2-5,14-16,19H,1,6-11H2,(H2,18,20,21)/t14-,15-,16-/m1/s1. The Kier molecular flexibility index (Phi) is 3.76. The van der Waals surface area contributed by atoms with Gasteiger partial charge in [-0.15, -0.1) is 0 Å². The van der Waals surface area contributed by atoms with Crippen LogP contribution in [0.3, 0.4) is 0 Å². The molecule has 2 aliphatic carbocycles. The molecule has 0 amide bonds. The fraction of sp³-hybridized carbons (Fsp3) is 0.647. The van der Waals surface area contributed by atoms with E-state index in [0.29, 0.717) is 23.5 Å². The first-order valence-electron chi connectivity index (χ1n) is 8.47. The Morgan fingerprint density at radius 2 is 2.00 bits per heavy atom. The summed E-state index contributed by atoms with van der Waals surface area (Å²) >= 11 is 0. The fourth-order valence-corrected chi connectivity index (χ4v) is 5.29. The van der Waals surface area contributed by atoms with Gasteiger partial charge in [-0.25, -0.2) is 13.6 Å². The van der Waals surface area contributed by atoms with E-state index >= 15 is 0 Å². The maximum absolute atomic E-state index is 11.3. The smallest absolute Gasteiger partial charge is 0.238 e. The van der Waals surface area contributed by atoms with Crippen LogP contribution >= 0.6 is 0 Å². The second-order valence-corrected chi connectivity index (χ2v) is 8.76. The van der Waals surface area contributed by atoms with Crippen molar-refractivity contribution in [2.75, 3.05) is 13.2 Å². The molecule has 0 aromatic heterocycles. The van der Waals surface area contributed by atoms with Crippen molar-refractivity contribution >= 4 is 10.0 Å². The van der Waals surface area contributed by atoms with Crippen molar-refractivity contribution in [2.24, 2.45) is 16.5 Å². The minimum absolute atomic E-state index is 0.174. The van der Waals surface area contributed by atoms with Gasteiger partial charge < -0.3 is 10.1 Å². The number of hydrogen-bond donors (Lipinski definition) is 2. The monoisotopic (exact) mass is 336 g/mol. The van der Waals surface area contributed by atoms with E-state index in [2.05, 4.69) is 5.32 Å². The third kappa shape index (κ3) is 2.52. The molecule has 1 heterocycles. The van der Waals surface area contributed by atoms with E-state index in [1.54, 1.807) is 12.1 Å². The highest BCUT2D eigenvalue weighted by Crippen LogP contribution is 2.62. The van der Waals surface area contributed by atoms with Crippen LogP contribution in [-0.2, 0) is 21.2 Å². The Morgan fingerprint density at radius 1 is 1.26 bits per heavy atom. The summed E-state index contributed by atoms with van der Waals surface area (Å²) in [5, 5.41) is 8.88. The molecule has 6 heteroatoms. The maximum atomic E-state index is 11.3. The molecule has 1 aromatic carbocycles. The highest BCUT2D eigenvalue weighted by Gasteiger charge is 2.66. The zero-order valence-corrected chi connectivity index (χ0v) is 14.0. The minimum atomic E-state index is -3.60. The molecule has 4 rings (SSSR count). The normalized spacial score (nSPS) is 31.4. The van der Waals surface area contributed by atoms with Crippen LogP contribution in [0.4, 0.5) is 0 Å². The molecule has 3 N–H and O–H groups in total. The zero-order chi connectivity index (χ0) is 16.1. The number of fused-ring (bicyclic) bond motifs is 2. The van der Waals surface area contributed by atoms with Crippen molar-refractivity contribution in [1.82, 2.24) is 5.32 Å². The van der Waals surface area contributed by atoms with Gasteiger partial charge in [0.1, 0.15) is 0 Å². The molecule has 2 saturated carbocycles. The van der Waals surface area contributed by atoms with Gasteiger partial charge in [0.2, 0.25) is 10.0 Å². The van der Waals surface area contributed by atoms with E-state index in [-0.39, 0.29) is 4.90 Å². The highest BCUT2D eigenvalue weighted by atomic mass is 32.2. The first kappa shape index (κ1) is 15.6. The molecular formula is C17H24N2O3S. The van der Waals surface area contributed by atoms with Crippen LogP contribution < -0.4 is 10.5 Å². The number of benzene rings is 1. The van der Waals surface area contributed by atoms with Crippen molar-refractivity contribution in [1.29, 1.82) is 0 Å². The quantitative estimate of drug-likeness (QED) is 0.852. The summed E-state index contributed by atoms with van der Waals surface area (Å²) in [4.78, 5) is 0.174. The van der Waals surface area contributed by atoms with E-state index in [4.69, 9.17) is 9.88 Å². The molecule has 1 aromatic rings. The van der Waals surface area contributed by atoms with E-state index in [1.807, 2.05) is 12.1 Å². The lowest BCUT2D eigenvalue weighted by atomic mass is 9.46. The third-order valence-corrected chi connectivity index (χ3v) is 7.00. The van der Waals surface area contributed by atoms with Crippen molar-refractivity contribution in [3.05, 3.63) is 29.8 Å². The SMILES string of the molecule is NS(=O)(=O)c1ccc(CCN[C@@H]2[C@H]3CCO[C@H]3C23CCC3)cc1. The Labute approximate surface area is 137 Å². The lowest BCUT2D eigenvalue weighted by Gasteiger charge is -2.63. The second-order valence-electron chi connectivity index (χ2n) is 7.20. The molecule has 0 radical (unpaired) electrons. The van der Waals surface area contributed by atoms with Gasteiger partial charge in [-0.2, -0.15) is 0 Å². The first-order chi connectivity index (χ1) is 11.0. The third-order valence-electron chi connectivity index (χ3n) is 6.07. The fourth-order valence-electron chi connectivity index (χ4n) is 4.78. The summed E-state index contributed by atoms with van der Waals surface area (Å²) in [6.45, 7) is 1.84. The number of sulfonamides is 1. The minimum Gasteiger partial charge on any atom is -0.377 e. The van der Waals surface area contributed by atoms with Gasteiger partial charge in [0.15, 0.2) is 0 Å². The zero-order valence-electron chi connectivity index (χ0n) is 13.2. The molecule has 3 fully saturated rings. The van der Waals surface area contributed by atoms with Gasteiger partial charge in [0.25, 0.3) is 0 Å². The average molecular weight is 336 g/mol. The van der Waals surface area contributed by atoms with Gasteiger partial charge in [-0.3, -0.25) is 0 Å². The Morgan fingerprint density at radius 3 is 2.61 bits per heavy atom. The van der Waals surface area contributed by atoms with E-state index in [1.165, 1.54) is 25.7 Å². The van der Waals surface area contributed by atoms with Crippen molar-refractivity contribution in [3.63, 3.8) is 0 Å². The van der Waals surface area contributed by atoms with Crippen LogP contribution in [-0.4, -0.2) is 33.7 Å².